The molecule has 0 bridgehead atoms. The van der Waals surface area contributed by atoms with Crippen LogP contribution in [-0.4, -0.2) is 29.8 Å². The molecule has 1 unspecified atom stereocenters. The molecule has 1 atom stereocenters. The second kappa shape index (κ2) is 8.67. The van der Waals surface area contributed by atoms with Gasteiger partial charge in [0.15, 0.2) is 5.96 Å². The van der Waals surface area contributed by atoms with Gasteiger partial charge >= 0.3 is 0 Å². The first kappa shape index (κ1) is 17.5. The van der Waals surface area contributed by atoms with E-state index in [0.29, 0.717) is 19.4 Å². The Morgan fingerprint density at radius 1 is 1.19 bits per heavy atom. The fourth-order valence-corrected chi connectivity index (χ4v) is 2.05. The van der Waals surface area contributed by atoms with Crippen LogP contribution in [0.4, 0.5) is 0 Å². The van der Waals surface area contributed by atoms with Gasteiger partial charge in [0.1, 0.15) is 0 Å². The Hall–Kier alpha value is -1.55. The lowest BCUT2D eigenvalue weighted by atomic mass is 9.98. The molecule has 0 saturated carbocycles. The van der Waals surface area contributed by atoms with Crippen LogP contribution in [0.5, 0.6) is 0 Å². The highest BCUT2D eigenvalue weighted by atomic mass is 16.3. The predicted molar refractivity (Wildman–Crippen MR) is 89.5 cm³/mol. The molecular formula is C17H29N3O. The van der Waals surface area contributed by atoms with E-state index in [1.807, 2.05) is 39.0 Å². The fraction of sp³-hybridized carbons (Fsp3) is 0.588. The molecule has 0 aromatic heterocycles. The lowest BCUT2D eigenvalue weighted by Gasteiger charge is -2.24. The maximum Gasteiger partial charge on any atom is 0.191 e. The molecule has 0 aliphatic carbocycles. The van der Waals surface area contributed by atoms with Crippen molar-refractivity contribution in [1.29, 1.82) is 0 Å². The van der Waals surface area contributed by atoms with Crippen LogP contribution in [0.3, 0.4) is 0 Å². The van der Waals surface area contributed by atoms with Crippen LogP contribution < -0.4 is 10.6 Å². The third kappa shape index (κ3) is 5.76. The van der Waals surface area contributed by atoms with Gasteiger partial charge in [-0.05, 0) is 32.3 Å². The standard InChI is InChI=1S/C17H29N3O/c1-5-17(21,6-2)13-19-16(18-7-3)20-14(4)15-11-9-8-10-12-15/h8-12,14,21H,5-7,13H2,1-4H3,(H2,18,19,20). The molecule has 4 nitrogen and oxygen atoms in total. The third-order valence-electron chi connectivity index (χ3n) is 3.84. The lowest BCUT2D eigenvalue weighted by Crippen LogP contribution is -2.40. The highest BCUT2D eigenvalue weighted by Gasteiger charge is 2.21. The van der Waals surface area contributed by atoms with Crippen molar-refractivity contribution in [3.05, 3.63) is 35.9 Å². The number of nitrogens with one attached hydrogen (secondary N) is 2. The Morgan fingerprint density at radius 3 is 2.33 bits per heavy atom. The number of benzene rings is 1. The Labute approximate surface area is 128 Å². The molecule has 0 aliphatic rings. The topological polar surface area (TPSA) is 56.7 Å². The molecule has 0 aliphatic heterocycles. The van der Waals surface area contributed by atoms with Gasteiger partial charge in [-0.25, -0.2) is 0 Å². The van der Waals surface area contributed by atoms with Crippen molar-refractivity contribution in [1.82, 2.24) is 10.6 Å². The van der Waals surface area contributed by atoms with Crippen LogP contribution in [0.1, 0.15) is 52.1 Å². The van der Waals surface area contributed by atoms with Crippen molar-refractivity contribution >= 4 is 5.96 Å². The van der Waals surface area contributed by atoms with Gasteiger partial charge in [-0.1, -0.05) is 44.2 Å². The summed E-state index contributed by atoms with van der Waals surface area (Å²) < 4.78 is 0. The Balaban J connectivity index is 2.73. The van der Waals surface area contributed by atoms with E-state index in [2.05, 4.69) is 34.7 Å². The number of hydrogen-bond donors (Lipinski definition) is 3. The zero-order chi connectivity index (χ0) is 15.7. The van der Waals surface area contributed by atoms with E-state index in [9.17, 15) is 5.11 Å². The van der Waals surface area contributed by atoms with Crippen LogP contribution in [0.2, 0.25) is 0 Å². The van der Waals surface area contributed by atoms with E-state index in [1.165, 1.54) is 5.56 Å². The molecule has 0 spiro atoms. The van der Waals surface area contributed by atoms with Crippen LogP contribution in [0, 0.1) is 0 Å². The first-order chi connectivity index (χ1) is 10.0. The number of hydrogen-bond acceptors (Lipinski definition) is 2. The first-order valence-corrected chi connectivity index (χ1v) is 7.86. The highest BCUT2D eigenvalue weighted by molar-refractivity contribution is 5.80. The van der Waals surface area contributed by atoms with Crippen LogP contribution in [0.15, 0.2) is 35.3 Å². The summed E-state index contributed by atoms with van der Waals surface area (Å²) in [6, 6.07) is 10.4. The van der Waals surface area contributed by atoms with Crippen molar-refractivity contribution < 1.29 is 5.11 Å². The van der Waals surface area contributed by atoms with E-state index in [4.69, 9.17) is 0 Å². The molecule has 118 valence electrons. The lowest BCUT2D eigenvalue weighted by molar-refractivity contribution is 0.0418. The molecule has 3 N–H and O–H groups in total. The summed E-state index contributed by atoms with van der Waals surface area (Å²) in [7, 11) is 0. The molecule has 1 aromatic rings. The molecule has 4 heteroatoms. The second-order valence-corrected chi connectivity index (χ2v) is 5.40. The fourth-order valence-electron chi connectivity index (χ4n) is 2.05. The van der Waals surface area contributed by atoms with Gasteiger partial charge in [-0.15, -0.1) is 0 Å². The smallest absolute Gasteiger partial charge is 0.191 e. The van der Waals surface area contributed by atoms with Gasteiger partial charge in [0, 0.05) is 6.54 Å². The summed E-state index contributed by atoms with van der Waals surface area (Å²) >= 11 is 0. The van der Waals surface area contributed by atoms with Crippen molar-refractivity contribution in [3.8, 4) is 0 Å². The van der Waals surface area contributed by atoms with E-state index in [0.717, 1.165) is 12.5 Å². The Bertz CT molecular complexity index is 427. The number of nitrogens with zero attached hydrogens (tertiary/aromatic N) is 1. The maximum absolute atomic E-state index is 10.3. The van der Waals surface area contributed by atoms with Crippen molar-refractivity contribution in [3.63, 3.8) is 0 Å². The molecule has 21 heavy (non-hydrogen) atoms. The van der Waals surface area contributed by atoms with Crippen molar-refractivity contribution in [2.45, 2.75) is 52.2 Å². The number of guanidine groups is 1. The molecule has 1 rings (SSSR count). The van der Waals surface area contributed by atoms with Gasteiger partial charge in [0.05, 0.1) is 18.2 Å². The molecule has 1 aromatic carbocycles. The monoisotopic (exact) mass is 291 g/mol. The summed E-state index contributed by atoms with van der Waals surface area (Å²) in [6.07, 6.45) is 1.42. The largest absolute Gasteiger partial charge is 0.388 e. The molecule has 0 fully saturated rings. The first-order valence-electron chi connectivity index (χ1n) is 7.86. The number of aliphatic hydroxyl groups is 1. The van der Waals surface area contributed by atoms with E-state index in [-0.39, 0.29) is 6.04 Å². The van der Waals surface area contributed by atoms with Gasteiger partial charge < -0.3 is 15.7 Å². The Morgan fingerprint density at radius 2 is 1.81 bits per heavy atom. The molecule has 0 radical (unpaired) electrons. The van der Waals surface area contributed by atoms with E-state index < -0.39 is 5.60 Å². The van der Waals surface area contributed by atoms with Crippen LogP contribution in [-0.2, 0) is 0 Å². The van der Waals surface area contributed by atoms with Crippen LogP contribution >= 0.6 is 0 Å². The average Bonchev–Trinajstić information content (AvgIpc) is 2.53. The van der Waals surface area contributed by atoms with Gasteiger partial charge in [-0.2, -0.15) is 0 Å². The predicted octanol–water partition coefficient (Wildman–Crippen LogP) is 2.85. The van der Waals surface area contributed by atoms with E-state index in [1.54, 1.807) is 0 Å². The van der Waals surface area contributed by atoms with E-state index >= 15 is 0 Å². The van der Waals surface area contributed by atoms with Crippen LogP contribution in [0.25, 0.3) is 0 Å². The quantitative estimate of drug-likeness (QED) is 0.535. The summed E-state index contributed by atoms with van der Waals surface area (Å²) in [5.41, 5.74) is 0.502. The summed E-state index contributed by atoms with van der Waals surface area (Å²) in [5, 5.41) is 16.9. The van der Waals surface area contributed by atoms with Gasteiger partial charge in [0.25, 0.3) is 0 Å². The molecule has 0 heterocycles. The zero-order valence-corrected chi connectivity index (χ0v) is 13.7. The highest BCUT2D eigenvalue weighted by Crippen LogP contribution is 2.15. The van der Waals surface area contributed by atoms with Gasteiger partial charge in [-0.3, -0.25) is 4.99 Å². The maximum atomic E-state index is 10.3. The zero-order valence-electron chi connectivity index (χ0n) is 13.7. The average molecular weight is 291 g/mol. The Kier molecular flexibility index (Phi) is 7.23. The number of aliphatic imine (C=N–C) groups is 1. The van der Waals surface area contributed by atoms with Gasteiger partial charge in [0.2, 0.25) is 0 Å². The minimum atomic E-state index is -0.710. The summed E-state index contributed by atoms with van der Waals surface area (Å²) in [6.45, 7) is 9.34. The van der Waals surface area contributed by atoms with Crippen molar-refractivity contribution in [2.24, 2.45) is 4.99 Å². The SMILES string of the molecule is CCNC(=NCC(O)(CC)CC)NC(C)c1ccccc1. The normalized spacial score (nSPS) is 13.9. The number of rotatable bonds is 7. The molecule has 0 saturated heterocycles. The summed E-state index contributed by atoms with van der Waals surface area (Å²) in [4.78, 5) is 4.54. The summed E-state index contributed by atoms with van der Waals surface area (Å²) in [5.74, 6) is 0.745. The minimum Gasteiger partial charge on any atom is -0.388 e. The minimum absolute atomic E-state index is 0.167. The second-order valence-electron chi connectivity index (χ2n) is 5.40. The molecule has 0 amide bonds. The molecular weight excluding hydrogens is 262 g/mol. The van der Waals surface area contributed by atoms with Crippen molar-refractivity contribution in [2.75, 3.05) is 13.1 Å². The third-order valence-corrected chi connectivity index (χ3v) is 3.84.